The normalized spacial score (nSPS) is 25.7. The highest BCUT2D eigenvalue weighted by molar-refractivity contribution is 5.74. The molecule has 0 bridgehead atoms. The van der Waals surface area contributed by atoms with Crippen molar-refractivity contribution >= 4 is 6.03 Å². The van der Waals surface area contributed by atoms with Gasteiger partial charge in [0.1, 0.15) is 6.10 Å². The van der Waals surface area contributed by atoms with Gasteiger partial charge in [-0.2, -0.15) is 0 Å². The number of urea groups is 1. The van der Waals surface area contributed by atoms with Crippen molar-refractivity contribution in [3.05, 3.63) is 35.4 Å². The quantitative estimate of drug-likeness (QED) is 0.677. The van der Waals surface area contributed by atoms with E-state index in [4.69, 9.17) is 0 Å². The van der Waals surface area contributed by atoms with Gasteiger partial charge in [0.05, 0.1) is 6.61 Å². The van der Waals surface area contributed by atoms with Crippen molar-refractivity contribution in [2.75, 3.05) is 26.2 Å². The molecule has 2 heterocycles. The predicted molar refractivity (Wildman–Crippen MR) is 114 cm³/mol. The van der Waals surface area contributed by atoms with Crippen molar-refractivity contribution in [2.45, 2.75) is 63.8 Å². The number of nitrogens with one attached hydrogen (secondary N) is 1. The van der Waals surface area contributed by atoms with Crippen molar-refractivity contribution in [1.29, 1.82) is 0 Å². The van der Waals surface area contributed by atoms with Gasteiger partial charge in [-0.15, -0.1) is 0 Å². The SMILES string of the molecule is CC(C)NC(=O)N1CCCCN2[C@H](CO)[C@H](c3ccc(C#C[C@@H](C)O)cc3)[C@H]2C1. The van der Waals surface area contributed by atoms with E-state index >= 15 is 0 Å². The van der Waals surface area contributed by atoms with E-state index in [9.17, 15) is 15.0 Å². The molecule has 1 aromatic carbocycles. The summed E-state index contributed by atoms with van der Waals surface area (Å²) in [5.41, 5.74) is 2.03. The fraction of sp³-hybridized carbons (Fsp3) is 0.609. The Morgan fingerprint density at radius 3 is 2.52 bits per heavy atom. The summed E-state index contributed by atoms with van der Waals surface area (Å²) in [4.78, 5) is 16.9. The maximum absolute atomic E-state index is 12.6. The lowest BCUT2D eigenvalue weighted by Gasteiger charge is -2.57. The van der Waals surface area contributed by atoms with E-state index in [2.05, 4.69) is 34.2 Å². The lowest BCUT2D eigenvalue weighted by molar-refractivity contribution is -0.0591. The third kappa shape index (κ3) is 5.11. The van der Waals surface area contributed by atoms with Gasteiger partial charge >= 0.3 is 6.03 Å². The fourth-order valence-corrected chi connectivity index (χ4v) is 4.44. The van der Waals surface area contributed by atoms with E-state index in [-0.39, 0.29) is 36.7 Å². The molecule has 6 heteroatoms. The smallest absolute Gasteiger partial charge is 0.317 e. The van der Waals surface area contributed by atoms with E-state index in [1.165, 1.54) is 0 Å². The largest absolute Gasteiger partial charge is 0.395 e. The summed E-state index contributed by atoms with van der Waals surface area (Å²) >= 11 is 0. The molecule has 0 aliphatic carbocycles. The summed E-state index contributed by atoms with van der Waals surface area (Å²) in [5, 5.41) is 22.4. The maximum Gasteiger partial charge on any atom is 0.317 e. The Morgan fingerprint density at radius 2 is 1.90 bits per heavy atom. The van der Waals surface area contributed by atoms with Crippen LogP contribution in [0.1, 0.15) is 50.7 Å². The molecule has 3 rings (SSSR count). The zero-order valence-electron chi connectivity index (χ0n) is 17.6. The van der Waals surface area contributed by atoms with Crippen molar-refractivity contribution in [3.8, 4) is 11.8 Å². The Morgan fingerprint density at radius 1 is 1.21 bits per heavy atom. The molecule has 2 aliphatic rings. The van der Waals surface area contributed by atoms with Gasteiger partial charge in [0, 0.05) is 42.7 Å². The number of nitrogens with zero attached hydrogens (tertiary/aromatic N) is 2. The Hall–Kier alpha value is -2.07. The third-order valence-electron chi connectivity index (χ3n) is 5.79. The van der Waals surface area contributed by atoms with Gasteiger partial charge < -0.3 is 20.4 Å². The number of hydrogen-bond acceptors (Lipinski definition) is 4. The molecule has 0 radical (unpaired) electrons. The lowest BCUT2D eigenvalue weighted by Crippen LogP contribution is -2.68. The molecule has 2 amide bonds. The van der Waals surface area contributed by atoms with Crippen LogP contribution in [0.15, 0.2) is 24.3 Å². The van der Waals surface area contributed by atoms with E-state index in [0.717, 1.165) is 37.1 Å². The summed E-state index contributed by atoms with van der Waals surface area (Å²) in [7, 11) is 0. The Balaban J connectivity index is 1.78. The van der Waals surface area contributed by atoms with E-state index in [0.29, 0.717) is 6.54 Å². The van der Waals surface area contributed by atoms with Gasteiger partial charge in [-0.25, -0.2) is 4.79 Å². The van der Waals surface area contributed by atoms with Crippen LogP contribution in [0, 0.1) is 11.8 Å². The lowest BCUT2D eigenvalue weighted by atomic mass is 9.74. The zero-order valence-corrected chi connectivity index (χ0v) is 17.6. The summed E-state index contributed by atoms with van der Waals surface area (Å²) in [6.07, 6.45) is 1.36. The number of carbonyl (C=O) groups is 1. The topological polar surface area (TPSA) is 76.0 Å². The van der Waals surface area contributed by atoms with Crippen LogP contribution in [-0.4, -0.2) is 76.5 Å². The number of hydrogen-bond donors (Lipinski definition) is 3. The second-order valence-electron chi connectivity index (χ2n) is 8.41. The minimum Gasteiger partial charge on any atom is -0.395 e. The minimum absolute atomic E-state index is 0.00297. The van der Waals surface area contributed by atoms with Crippen molar-refractivity contribution in [1.82, 2.24) is 15.1 Å². The van der Waals surface area contributed by atoms with Gasteiger partial charge in [0.2, 0.25) is 0 Å². The van der Waals surface area contributed by atoms with Crippen LogP contribution in [-0.2, 0) is 0 Å². The van der Waals surface area contributed by atoms with Gasteiger partial charge in [-0.3, -0.25) is 4.90 Å². The Bertz CT molecular complexity index is 751. The third-order valence-corrected chi connectivity index (χ3v) is 5.79. The number of fused-ring (bicyclic) bond motifs is 1. The van der Waals surface area contributed by atoms with E-state index < -0.39 is 6.10 Å². The standard InChI is InChI=1S/C23H33N3O3/c1-16(2)24-23(29)25-12-4-5-13-26-20(14-25)22(21(26)15-27)19-10-8-18(9-11-19)7-6-17(3)28/h8-11,16-17,20-22,27-28H,4-5,12-15H2,1-3H3,(H,24,29)/t17-,20-,21-,22-/m1/s1. The second kappa shape index (κ2) is 9.62. The van der Waals surface area contributed by atoms with Gasteiger partial charge in [-0.05, 0) is 57.9 Å². The second-order valence-corrected chi connectivity index (χ2v) is 8.41. The molecule has 4 atom stereocenters. The number of aliphatic hydroxyl groups is 2. The van der Waals surface area contributed by atoms with Crippen LogP contribution in [0.3, 0.4) is 0 Å². The molecule has 0 spiro atoms. The number of benzene rings is 1. The first kappa shape index (κ1) is 21.6. The molecule has 0 saturated carbocycles. The molecule has 2 aliphatic heterocycles. The summed E-state index contributed by atoms with van der Waals surface area (Å²) in [6.45, 7) is 8.11. The molecular formula is C23H33N3O3. The van der Waals surface area contributed by atoms with Crippen LogP contribution in [0.25, 0.3) is 0 Å². The Kier molecular flexibility index (Phi) is 7.18. The molecule has 1 aromatic rings. The number of carbonyl (C=O) groups excluding carboxylic acids is 1. The van der Waals surface area contributed by atoms with E-state index in [1.807, 2.05) is 30.9 Å². The highest BCUT2D eigenvalue weighted by Gasteiger charge is 2.49. The molecule has 3 N–H and O–H groups in total. The van der Waals surface area contributed by atoms with E-state index in [1.54, 1.807) is 6.92 Å². The first-order valence-electron chi connectivity index (χ1n) is 10.6. The first-order chi connectivity index (χ1) is 13.9. The first-order valence-corrected chi connectivity index (χ1v) is 10.6. The highest BCUT2D eigenvalue weighted by Crippen LogP contribution is 2.41. The molecule has 2 fully saturated rings. The van der Waals surface area contributed by atoms with Crippen LogP contribution in [0.5, 0.6) is 0 Å². The van der Waals surface area contributed by atoms with Gasteiger partial charge in [0.15, 0.2) is 0 Å². The molecule has 158 valence electrons. The van der Waals surface area contributed by atoms with Crippen LogP contribution >= 0.6 is 0 Å². The van der Waals surface area contributed by atoms with Gasteiger partial charge in [0.25, 0.3) is 0 Å². The van der Waals surface area contributed by atoms with Crippen LogP contribution < -0.4 is 5.32 Å². The predicted octanol–water partition coefficient (Wildman–Crippen LogP) is 1.76. The molecule has 0 unspecified atom stereocenters. The summed E-state index contributed by atoms with van der Waals surface area (Å²) < 4.78 is 0. The van der Waals surface area contributed by atoms with Crippen molar-refractivity contribution in [3.63, 3.8) is 0 Å². The number of amides is 2. The highest BCUT2D eigenvalue weighted by atomic mass is 16.3. The molecule has 6 nitrogen and oxygen atoms in total. The van der Waals surface area contributed by atoms with Crippen LogP contribution in [0.4, 0.5) is 4.79 Å². The van der Waals surface area contributed by atoms with Crippen molar-refractivity contribution < 1.29 is 15.0 Å². The number of rotatable bonds is 3. The molecule has 29 heavy (non-hydrogen) atoms. The maximum atomic E-state index is 12.6. The van der Waals surface area contributed by atoms with Crippen LogP contribution in [0.2, 0.25) is 0 Å². The molecule has 2 saturated heterocycles. The Labute approximate surface area is 173 Å². The minimum atomic E-state index is -0.647. The van der Waals surface area contributed by atoms with Gasteiger partial charge in [-0.1, -0.05) is 24.0 Å². The summed E-state index contributed by atoms with van der Waals surface area (Å²) in [6, 6.07) is 8.46. The average Bonchev–Trinajstić information content (AvgIpc) is 2.65. The number of aliphatic hydroxyl groups excluding tert-OH is 2. The van der Waals surface area contributed by atoms with Crippen molar-refractivity contribution in [2.24, 2.45) is 0 Å². The molecule has 0 aromatic heterocycles. The fourth-order valence-electron chi connectivity index (χ4n) is 4.44. The average molecular weight is 400 g/mol. The molecular weight excluding hydrogens is 366 g/mol. The zero-order chi connectivity index (χ0) is 21.0. The summed E-state index contributed by atoms with van der Waals surface area (Å²) in [5.74, 6) is 5.91. The monoisotopic (exact) mass is 399 g/mol.